The average Bonchev–Trinajstić information content (AvgIpc) is 2.08. The van der Waals surface area contributed by atoms with E-state index in [4.69, 9.17) is 5.73 Å². The first kappa shape index (κ1) is 8.78. The zero-order valence-electron chi connectivity index (χ0n) is 7.42. The summed E-state index contributed by atoms with van der Waals surface area (Å²) in [6.45, 7) is 3.99. The minimum Gasteiger partial charge on any atom is -0.398 e. The lowest BCUT2D eigenvalue weighted by Crippen LogP contribution is -1.99. The molecule has 2 nitrogen and oxygen atoms in total. The number of nitrogen functional groups attached to an aromatic ring is 1. The molecule has 2 heteroatoms. The molecule has 0 radical (unpaired) electrons. The van der Waals surface area contributed by atoms with Crippen molar-refractivity contribution in [3.05, 3.63) is 28.8 Å². The van der Waals surface area contributed by atoms with Crippen molar-refractivity contribution in [1.29, 1.82) is 0 Å². The smallest absolute Gasteiger partial charge is 0.152 e. The van der Waals surface area contributed by atoms with Crippen molar-refractivity contribution in [3.63, 3.8) is 0 Å². The van der Waals surface area contributed by atoms with E-state index in [-0.39, 0.29) is 0 Å². The normalized spacial score (nSPS) is 9.83. The Labute approximate surface area is 72.4 Å². The van der Waals surface area contributed by atoms with Crippen molar-refractivity contribution in [2.45, 2.75) is 20.3 Å². The third-order valence-corrected chi connectivity index (χ3v) is 1.95. The Morgan fingerprint density at radius 1 is 1.50 bits per heavy atom. The Morgan fingerprint density at radius 3 is 2.67 bits per heavy atom. The molecule has 1 aromatic rings. The standard InChI is InChI=1S/C10H13NO/c1-3-8-4-7(2)5-9(6-12)10(8)11/h4-6H,3,11H2,1-2H3. The molecule has 2 N–H and O–H groups in total. The number of benzene rings is 1. The van der Waals surface area contributed by atoms with Gasteiger partial charge >= 0.3 is 0 Å². The highest BCUT2D eigenvalue weighted by Crippen LogP contribution is 2.18. The van der Waals surface area contributed by atoms with Gasteiger partial charge in [0.2, 0.25) is 0 Å². The maximum Gasteiger partial charge on any atom is 0.152 e. The lowest BCUT2D eigenvalue weighted by molar-refractivity contribution is 0.112. The summed E-state index contributed by atoms with van der Waals surface area (Å²) in [6, 6.07) is 3.82. The fourth-order valence-electron chi connectivity index (χ4n) is 1.29. The zero-order valence-corrected chi connectivity index (χ0v) is 7.42. The van der Waals surface area contributed by atoms with Gasteiger partial charge < -0.3 is 5.73 Å². The summed E-state index contributed by atoms with van der Waals surface area (Å²) >= 11 is 0. The van der Waals surface area contributed by atoms with Gasteiger partial charge in [0.15, 0.2) is 6.29 Å². The van der Waals surface area contributed by atoms with Crippen LogP contribution in [-0.2, 0) is 6.42 Å². The number of aryl methyl sites for hydroxylation is 2. The van der Waals surface area contributed by atoms with Crippen molar-refractivity contribution < 1.29 is 4.79 Å². The van der Waals surface area contributed by atoms with Crippen LogP contribution in [-0.4, -0.2) is 6.29 Å². The number of aldehydes is 1. The number of hydrogen-bond donors (Lipinski definition) is 1. The van der Waals surface area contributed by atoms with Gasteiger partial charge in [-0.1, -0.05) is 13.0 Å². The molecule has 0 amide bonds. The van der Waals surface area contributed by atoms with Gasteiger partial charge in [0.05, 0.1) is 0 Å². The number of hydrogen-bond acceptors (Lipinski definition) is 2. The molecule has 0 aliphatic heterocycles. The molecule has 0 unspecified atom stereocenters. The summed E-state index contributed by atoms with van der Waals surface area (Å²) in [5, 5.41) is 0. The van der Waals surface area contributed by atoms with Crippen LogP contribution in [0.1, 0.15) is 28.4 Å². The molecule has 0 aliphatic rings. The first-order valence-corrected chi connectivity index (χ1v) is 4.03. The van der Waals surface area contributed by atoms with Crippen molar-refractivity contribution in [3.8, 4) is 0 Å². The monoisotopic (exact) mass is 163 g/mol. The largest absolute Gasteiger partial charge is 0.398 e. The van der Waals surface area contributed by atoms with E-state index in [0.717, 1.165) is 23.8 Å². The zero-order chi connectivity index (χ0) is 9.14. The van der Waals surface area contributed by atoms with Crippen LogP contribution in [0, 0.1) is 6.92 Å². The molecular formula is C10H13NO. The second kappa shape index (κ2) is 3.39. The van der Waals surface area contributed by atoms with Crippen LogP contribution < -0.4 is 5.73 Å². The van der Waals surface area contributed by atoms with Gasteiger partial charge in [-0.15, -0.1) is 0 Å². The highest BCUT2D eigenvalue weighted by Gasteiger charge is 2.03. The number of anilines is 1. The Morgan fingerprint density at radius 2 is 2.17 bits per heavy atom. The number of carbonyl (C=O) groups is 1. The van der Waals surface area contributed by atoms with E-state index < -0.39 is 0 Å². The van der Waals surface area contributed by atoms with Crippen LogP contribution in [0.15, 0.2) is 12.1 Å². The van der Waals surface area contributed by atoms with Crippen molar-refractivity contribution in [1.82, 2.24) is 0 Å². The Hall–Kier alpha value is -1.31. The van der Waals surface area contributed by atoms with Gasteiger partial charge in [0, 0.05) is 11.3 Å². The molecule has 0 spiro atoms. The van der Waals surface area contributed by atoms with Crippen LogP contribution in [0.4, 0.5) is 5.69 Å². The second-order valence-electron chi connectivity index (χ2n) is 2.90. The molecule has 0 aliphatic carbocycles. The van der Waals surface area contributed by atoms with E-state index in [1.807, 2.05) is 26.0 Å². The van der Waals surface area contributed by atoms with Gasteiger partial charge in [-0.3, -0.25) is 4.79 Å². The van der Waals surface area contributed by atoms with Crippen LogP contribution in [0.25, 0.3) is 0 Å². The minimum absolute atomic E-state index is 0.604. The van der Waals surface area contributed by atoms with Gasteiger partial charge in [-0.2, -0.15) is 0 Å². The number of carbonyl (C=O) groups excluding carboxylic acids is 1. The van der Waals surface area contributed by atoms with Crippen LogP contribution in [0.2, 0.25) is 0 Å². The van der Waals surface area contributed by atoms with Gasteiger partial charge in [-0.25, -0.2) is 0 Å². The summed E-state index contributed by atoms with van der Waals surface area (Å²) in [7, 11) is 0. The topological polar surface area (TPSA) is 43.1 Å². The van der Waals surface area contributed by atoms with E-state index in [9.17, 15) is 4.79 Å². The molecule has 0 atom stereocenters. The van der Waals surface area contributed by atoms with Crippen molar-refractivity contribution >= 4 is 12.0 Å². The van der Waals surface area contributed by atoms with Crippen LogP contribution in [0.5, 0.6) is 0 Å². The number of rotatable bonds is 2. The van der Waals surface area contributed by atoms with E-state index in [0.29, 0.717) is 11.3 Å². The molecule has 0 aromatic heterocycles. The third kappa shape index (κ3) is 1.47. The molecule has 1 rings (SSSR count). The van der Waals surface area contributed by atoms with Gasteiger partial charge in [0.25, 0.3) is 0 Å². The minimum atomic E-state index is 0.604. The first-order chi connectivity index (χ1) is 5.69. The maximum atomic E-state index is 10.6. The highest BCUT2D eigenvalue weighted by atomic mass is 16.1. The quantitative estimate of drug-likeness (QED) is 0.535. The van der Waals surface area contributed by atoms with Gasteiger partial charge in [-0.05, 0) is 30.5 Å². The summed E-state index contributed by atoms with van der Waals surface area (Å²) in [6.07, 6.45) is 1.68. The molecule has 12 heavy (non-hydrogen) atoms. The predicted molar refractivity (Wildman–Crippen MR) is 50.4 cm³/mol. The van der Waals surface area contributed by atoms with E-state index in [1.54, 1.807) is 0 Å². The van der Waals surface area contributed by atoms with Crippen LogP contribution in [0.3, 0.4) is 0 Å². The lowest BCUT2D eigenvalue weighted by atomic mass is 10.0. The second-order valence-corrected chi connectivity index (χ2v) is 2.90. The third-order valence-electron chi connectivity index (χ3n) is 1.95. The highest BCUT2D eigenvalue weighted by molar-refractivity contribution is 5.84. The molecule has 1 aromatic carbocycles. The molecule has 0 saturated carbocycles. The fraction of sp³-hybridized carbons (Fsp3) is 0.300. The fourth-order valence-corrected chi connectivity index (χ4v) is 1.29. The molecule has 0 fully saturated rings. The summed E-state index contributed by atoms with van der Waals surface area (Å²) in [4.78, 5) is 10.6. The SMILES string of the molecule is CCc1cc(C)cc(C=O)c1N. The molecule has 64 valence electrons. The summed E-state index contributed by atoms with van der Waals surface area (Å²) in [5.74, 6) is 0. The van der Waals surface area contributed by atoms with E-state index in [1.165, 1.54) is 0 Å². The Bertz CT molecular complexity index is 305. The van der Waals surface area contributed by atoms with E-state index >= 15 is 0 Å². The summed E-state index contributed by atoms with van der Waals surface area (Å²) in [5.41, 5.74) is 9.11. The lowest BCUT2D eigenvalue weighted by Gasteiger charge is -2.06. The predicted octanol–water partition coefficient (Wildman–Crippen LogP) is 1.95. The number of nitrogens with two attached hydrogens (primary N) is 1. The molecule has 0 saturated heterocycles. The van der Waals surface area contributed by atoms with Gasteiger partial charge in [0.1, 0.15) is 0 Å². The molecular weight excluding hydrogens is 150 g/mol. The van der Waals surface area contributed by atoms with Crippen molar-refractivity contribution in [2.24, 2.45) is 0 Å². The van der Waals surface area contributed by atoms with Crippen LogP contribution >= 0.6 is 0 Å². The average molecular weight is 163 g/mol. The summed E-state index contributed by atoms with van der Waals surface area (Å²) < 4.78 is 0. The Balaban J connectivity index is 3.31. The maximum absolute atomic E-state index is 10.6. The Kier molecular flexibility index (Phi) is 2.48. The first-order valence-electron chi connectivity index (χ1n) is 4.03. The van der Waals surface area contributed by atoms with E-state index in [2.05, 4.69) is 0 Å². The molecule has 0 heterocycles. The molecule has 0 bridgehead atoms. The van der Waals surface area contributed by atoms with Crippen molar-refractivity contribution in [2.75, 3.05) is 5.73 Å².